The second-order valence-corrected chi connectivity index (χ2v) is 6.19. The van der Waals surface area contributed by atoms with Crippen LogP contribution in [-0.2, 0) is 0 Å². The lowest BCUT2D eigenvalue weighted by Crippen LogP contribution is -2.17. The summed E-state index contributed by atoms with van der Waals surface area (Å²) < 4.78 is 10.4. The topological polar surface area (TPSA) is 72.8 Å². The lowest BCUT2D eigenvalue weighted by Gasteiger charge is -2.08. The fraction of sp³-hybridized carbons (Fsp3) is 0.150. The number of nitrogens with one attached hydrogen (secondary N) is 1. The Bertz CT molecular complexity index is 1030. The lowest BCUT2D eigenvalue weighted by atomic mass is 10.1. The van der Waals surface area contributed by atoms with Crippen molar-refractivity contribution < 1.29 is 14.3 Å². The molecule has 3 rings (SSSR count). The van der Waals surface area contributed by atoms with Gasteiger partial charge in [0.1, 0.15) is 5.15 Å². The molecular weight excluding hydrogens is 366 g/mol. The number of nitrogens with zero attached hydrogens (tertiary/aromatic N) is 2. The van der Waals surface area contributed by atoms with E-state index in [-0.39, 0.29) is 5.91 Å². The number of hydrogen-bond donors (Lipinski definition) is 1. The number of benzene rings is 2. The van der Waals surface area contributed by atoms with Gasteiger partial charge in [0.15, 0.2) is 11.5 Å². The molecular formula is C20H18ClN3O3. The summed E-state index contributed by atoms with van der Waals surface area (Å²) in [6.07, 6.45) is 1.47. The summed E-state index contributed by atoms with van der Waals surface area (Å²) in [6, 6.07) is 12.6. The van der Waals surface area contributed by atoms with Crippen LogP contribution in [0.1, 0.15) is 21.5 Å². The quantitative estimate of drug-likeness (QED) is 0.411. The predicted octanol–water partition coefficient (Wildman–Crippen LogP) is 3.98. The number of ether oxygens (including phenoxy) is 2. The molecule has 0 saturated heterocycles. The van der Waals surface area contributed by atoms with Crippen LogP contribution < -0.4 is 14.9 Å². The Hall–Kier alpha value is -3.12. The van der Waals surface area contributed by atoms with Crippen LogP contribution in [0.2, 0.25) is 5.15 Å². The molecule has 138 valence electrons. The molecule has 1 amide bonds. The van der Waals surface area contributed by atoms with Gasteiger partial charge in [0.05, 0.1) is 26.0 Å². The molecule has 1 heterocycles. The van der Waals surface area contributed by atoms with Gasteiger partial charge >= 0.3 is 0 Å². The zero-order valence-corrected chi connectivity index (χ0v) is 15.9. The van der Waals surface area contributed by atoms with Gasteiger partial charge in [-0.25, -0.2) is 10.4 Å². The summed E-state index contributed by atoms with van der Waals surface area (Å²) >= 11 is 6.20. The third-order valence-electron chi connectivity index (χ3n) is 3.97. The molecule has 0 fully saturated rings. The van der Waals surface area contributed by atoms with Crippen molar-refractivity contribution in [1.29, 1.82) is 0 Å². The van der Waals surface area contributed by atoms with Crippen LogP contribution in [0.3, 0.4) is 0 Å². The maximum atomic E-state index is 12.3. The minimum absolute atomic E-state index is 0.315. The highest BCUT2D eigenvalue weighted by Crippen LogP contribution is 2.27. The number of hydrogen-bond acceptors (Lipinski definition) is 5. The van der Waals surface area contributed by atoms with Crippen LogP contribution in [0, 0.1) is 6.92 Å². The van der Waals surface area contributed by atoms with E-state index in [1.807, 2.05) is 31.2 Å². The average molecular weight is 384 g/mol. The van der Waals surface area contributed by atoms with Crippen molar-refractivity contribution in [2.75, 3.05) is 14.2 Å². The third-order valence-corrected chi connectivity index (χ3v) is 4.27. The van der Waals surface area contributed by atoms with Crippen LogP contribution in [0.4, 0.5) is 0 Å². The largest absolute Gasteiger partial charge is 0.493 e. The van der Waals surface area contributed by atoms with Gasteiger partial charge in [-0.2, -0.15) is 5.10 Å². The maximum Gasteiger partial charge on any atom is 0.271 e. The maximum absolute atomic E-state index is 12.3. The van der Waals surface area contributed by atoms with Gasteiger partial charge in [-0.15, -0.1) is 0 Å². The van der Waals surface area contributed by atoms with E-state index >= 15 is 0 Å². The Balaban J connectivity index is 1.78. The van der Waals surface area contributed by atoms with Crippen LogP contribution in [0.15, 0.2) is 47.6 Å². The van der Waals surface area contributed by atoms with E-state index in [0.717, 1.165) is 16.5 Å². The smallest absolute Gasteiger partial charge is 0.271 e. The first-order valence-electron chi connectivity index (χ1n) is 8.14. The Morgan fingerprint density at radius 3 is 2.63 bits per heavy atom. The number of pyridine rings is 1. The second-order valence-electron chi connectivity index (χ2n) is 5.83. The van der Waals surface area contributed by atoms with E-state index in [2.05, 4.69) is 15.5 Å². The summed E-state index contributed by atoms with van der Waals surface area (Å²) in [7, 11) is 3.04. The molecule has 0 saturated carbocycles. The number of methoxy groups -OCH3 is 2. The summed E-state index contributed by atoms with van der Waals surface area (Å²) in [5, 5.41) is 5.25. The summed E-state index contributed by atoms with van der Waals surface area (Å²) in [4.78, 5) is 16.6. The fourth-order valence-corrected chi connectivity index (χ4v) is 2.78. The molecule has 0 aliphatic heterocycles. The number of halogens is 1. The summed E-state index contributed by atoms with van der Waals surface area (Å²) in [5.74, 6) is 0.626. The molecule has 0 bridgehead atoms. The zero-order valence-electron chi connectivity index (χ0n) is 15.1. The van der Waals surface area contributed by atoms with Crippen molar-refractivity contribution in [3.63, 3.8) is 0 Å². The molecule has 2 aromatic carbocycles. The van der Waals surface area contributed by atoms with Gasteiger partial charge in [-0.1, -0.05) is 23.2 Å². The van der Waals surface area contributed by atoms with Crippen LogP contribution in [0.25, 0.3) is 10.9 Å². The van der Waals surface area contributed by atoms with E-state index in [1.54, 1.807) is 18.2 Å². The number of aromatic nitrogens is 1. The van der Waals surface area contributed by atoms with E-state index in [9.17, 15) is 4.79 Å². The third kappa shape index (κ3) is 4.17. The molecule has 0 unspecified atom stereocenters. The Kier molecular flexibility index (Phi) is 5.57. The molecule has 1 N–H and O–H groups in total. The standard InChI is InChI=1S/C20H18ClN3O3/c1-12-4-6-16-14(8-12)9-15(19(21)23-16)11-22-24-20(25)13-5-7-17(26-2)18(10-13)27-3/h4-11H,1-3H3,(H,24,25). The van der Waals surface area contributed by atoms with Crippen LogP contribution in [-0.4, -0.2) is 31.3 Å². The molecule has 6 nitrogen and oxygen atoms in total. The predicted molar refractivity (Wildman–Crippen MR) is 106 cm³/mol. The van der Waals surface area contributed by atoms with Crippen molar-refractivity contribution in [1.82, 2.24) is 10.4 Å². The number of carbonyl (C=O) groups excluding carboxylic acids is 1. The molecule has 0 atom stereocenters. The van der Waals surface area contributed by atoms with Gasteiger partial charge in [0.2, 0.25) is 0 Å². The van der Waals surface area contributed by atoms with Crippen LogP contribution in [0.5, 0.6) is 11.5 Å². The first kappa shape index (κ1) is 18.7. The number of aryl methyl sites for hydroxylation is 1. The molecule has 27 heavy (non-hydrogen) atoms. The summed E-state index contributed by atoms with van der Waals surface area (Å²) in [6.45, 7) is 2.01. The van der Waals surface area contributed by atoms with Crippen molar-refractivity contribution in [3.8, 4) is 11.5 Å². The Labute approximate surface area is 161 Å². The second kappa shape index (κ2) is 8.05. The van der Waals surface area contributed by atoms with Crippen molar-refractivity contribution in [2.24, 2.45) is 5.10 Å². The fourth-order valence-electron chi connectivity index (χ4n) is 2.58. The SMILES string of the molecule is COc1ccc(C(=O)NN=Cc2cc3cc(C)ccc3nc2Cl)cc1OC. The number of fused-ring (bicyclic) bond motifs is 1. The normalized spacial score (nSPS) is 11.0. The highest BCUT2D eigenvalue weighted by Gasteiger charge is 2.10. The Morgan fingerprint density at radius 2 is 1.89 bits per heavy atom. The van der Waals surface area contributed by atoms with Gasteiger partial charge in [-0.3, -0.25) is 4.79 Å². The van der Waals surface area contributed by atoms with Gasteiger partial charge in [-0.05, 0) is 43.3 Å². The first-order valence-corrected chi connectivity index (χ1v) is 8.52. The minimum atomic E-state index is -0.382. The Morgan fingerprint density at radius 1 is 1.11 bits per heavy atom. The molecule has 7 heteroatoms. The molecule has 3 aromatic rings. The van der Waals surface area contributed by atoms with Crippen molar-refractivity contribution in [2.45, 2.75) is 6.92 Å². The number of rotatable bonds is 5. The molecule has 0 spiro atoms. The monoisotopic (exact) mass is 383 g/mol. The van der Waals surface area contributed by atoms with Gasteiger partial charge in [0.25, 0.3) is 5.91 Å². The average Bonchev–Trinajstić information content (AvgIpc) is 2.68. The molecule has 0 radical (unpaired) electrons. The number of carbonyl (C=O) groups is 1. The highest BCUT2D eigenvalue weighted by atomic mass is 35.5. The zero-order chi connectivity index (χ0) is 19.4. The van der Waals surface area contributed by atoms with Gasteiger partial charge in [0, 0.05) is 16.5 Å². The van der Waals surface area contributed by atoms with Gasteiger partial charge < -0.3 is 9.47 Å². The lowest BCUT2D eigenvalue weighted by molar-refractivity contribution is 0.0954. The summed E-state index contributed by atoms with van der Waals surface area (Å²) in [5.41, 5.74) is 5.40. The van der Waals surface area contributed by atoms with E-state index in [1.165, 1.54) is 20.4 Å². The highest BCUT2D eigenvalue weighted by molar-refractivity contribution is 6.32. The van der Waals surface area contributed by atoms with E-state index in [0.29, 0.717) is 27.8 Å². The van der Waals surface area contributed by atoms with Crippen LogP contribution >= 0.6 is 11.6 Å². The minimum Gasteiger partial charge on any atom is -0.493 e. The van der Waals surface area contributed by atoms with E-state index in [4.69, 9.17) is 21.1 Å². The molecule has 0 aliphatic carbocycles. The van der Waals surface area contributed by atoms with Crippen molar-refractivity contribution in [3.05, 3.63) is 64.3 Å². The number of amides is 1. The molecule has 1 aromatic heterocycles. The van der Waals surface area contributed by atoms with Crippen molar-refractivity contribution >= 4 is 34.6 Å². The molecule has 0 aliphatic rings. The first-order chi connectivity index (χ1) is 13.0. The van der Waals surface area contributed by atoms with E-state index < -0.39 is 0 Å². The number of hydrazone groups is 1.